The number of aryl methyl sites for hydroxylation is 1. The zero-order chi connectivity index (χ0) is 18.0. The number of hydrogen-bond acceptors (Lipinski definition) is 4. The number of sulfonamides is 1. The van der Waals surface area contributed by atoms with Crippen LogP contribution in [0.3, 0.4) is 0 Å². The van der Waals surface area contributed by atoms with Gasteiger partial charge in [-0.25, -0.2) is 8.42 Å². The highest BCUT2D eigenvalue weighted by molar-refractivity contribution is 9.11. The monoisotopic (exact) mass is 442 g/mol. The molecule has 25 heavy (non-hydrogen) atoms. The highest BCUT2D eigenvalue weighted by Gasteiger charge is 2.27. The summed E-state index contributed by atoms with van der Waals surface area (Å²) in [6.45, 7) is 2.89. The first-order valence-electron chi connectivity index (χ1n) is 8.05. The number of thiophene rings is 1. The van der Waals surface area contributed by atoms with Gasteiger partial charge in [0.05, 0.1) is 13.6 Å². The molecule has 0 unspecified atom stereocenters. The first-order valence-corrected chi connectivity index (χ1v) is 11.1. The van der Waals surface area contributed by atoms with Gasteiger partial charge in [0.2, 0.25) is 10.0 Å². The van der Waals surface area contributed by atoms with Crippen LogP contribution in [-0.4, -0.2) is 31.7 Å². The lowest BCUT2D eigenvalue weighted by atomic mass is 10.2. The van der Waals surface area contributed by atoms with Gasteiger partial charge in [-0.15, -0.1) is 11.3 Å². The van der Waals surface area contributed by atoms with Crippen LogP contribution in [0.25, 0.3) is 0 Å². The van der Waals surface area contributed by atoms with E-state index in [4.69, 9.17) is 0 Å². The van der Waals surface area contributed by atoms with Crippen LogP contribution in [0.2, 0.25) is 0 Å². The summed E-state index contributed by atoms with van der Waals surface area (Å²) in [7, 11) is -3.53. The molecule has 8 heteroatoms. The molecule has 1 N–H and O–H groups in total. The number of hydrogen-bond donors (Lipinski definition) is 1. The van der Waals surface area contributed by atoms with E-state index in [0.717, 1.165) is 23.0 Å². The minimum Gasteiger partial charge on any atom is -0.321 e. The third-order valence-corrected chi connectivity index (χ3v) is 7.84. The molecule has 5 nitrogen and oxygen atoms in total. The van der Waals surface area contributed by atoms with Crippen LogP contribution in [0.1, 0.15) is 34.5 Å². The summed E-state index contributed by atoms with van der Waals surface area (Å²) in [5, 5.41) is 2.78. The first kappa shape index (κ1) is 18.6. The van der Waals surface area contributed by atoms with Crippen LogP contribution in [-0.2, 0) is 10.0 Å². The third kappa shape index (κ3) is 4.13. The van der Waals surface area contributed by atoms with Crippen LogP contribution in [0.15, 0.2) is 39.0 Å². The van der Waals surface area contributed by atoms with E-state index in [-0.39, 0.29) is 10.8 Å². The van der Waals surface area contributed by atoms with E-state index in [0.29, 0.717) is 29.2 Å². The number of piperidine rings is 1. The van der Waals surface area contributed by atoms with E-state index in [1.165, 1.54) is 11.3 Å². The predicted octanol–water partition coefficient (Wildman–Crippen LogP) is 4.25. The second-order valence-electron chi connectivity index (χ2n) is 6.00. The second-order valence-corrected chi connectivity index (χ2v) is 10.4. The van der Waals surface area contributed by atoms with Crippen LogP contribution >= 0.6 is 27.3 Å². The quantitative estimate of drug-likeness (QED) is 0.769. The van der Waals surface area contributed by atoms with Crippen LogP contribution in [0.4, 0.5) is 5.69 Å². The molecule has 134 valence electrons. The van der Waals surface area contributed by atoms with Gasteiger partial charge in [-0.3, -0.25) is 4.79 Å². The predicted molar refractivity (Wildman–Crippen MR) is 104 cm³/mol. The Morgan fingerprint density at radius 2 is 1.88 bits per heavy atom. The fourth-order valence-corrected chi connectivity index (χ4v) is 5.88. The van der Waals surface area contributed by atoms with Crippen LogP contribution < -0.4 is 5.32 Å². The summed E-state index contributed by atoms with van der Waals surface area (Å²) in [4.78, 5) is 13.1. The lowest BCUT2D eigenvalue weighted by Gasteiger charge is -2.26. The summed E-state index contributed by atoms with van der Waals surface area (Å²) in [6, 6.07) is 8.55. The van der Waals surface area contributed by atoms with Crippen LogP contribution in [0.5, 0.6) is 0 Å². The van der Waals surface area contributed by atoms with E-state index in [1.807, 2.05) is 0 Å². The number of amides is 1. The third-order valence-electron chi connectivity index (χ3n) is 4.18. The Kier molecular flexibility index (Phi) is 5.62. The number of nitrogens with one attached hydrogen (secondary N) is 1. The number of carbonyl (C=O) groups is 1. The van der Waals surface area contributed by atoms with Gasteiger partial charge in [0.1, 0.15) is 0 Å². The van der Waals surface area contributed by atoms with E-state index in [9.17, 15) is 13.2 Å². The standard InChI is InChI=1S/C17H19BrN2O3S2/c1-12-5-6-13(19-17(21)14-7-8-16(18)24-14)11-15(12)25(22,23)20-9-3-2-4-10-20/h5-8,11H,2-4,9-10H2,1H3,(H,19,21). The molecule has 1 fully saturated rings. The molecule has 0 bridgehead atoms. The van der Waals surface area contributed by atoms with Crippen molar-refractivity contribution in [2.75, 3.05) is 18.4 Å². The topological polar surface area (TPSA) is 66.5 Å². The molecule has 0 saturated carbocycles. The second kappa shape index (κ2) is 7.57. The van der Waals surface area contributed by atoms with E-state index < -0.39 is 10.0 Å². The Morgan fingerprint density at radius 1 is 1.16 bits per heavy atom. The SMILES string of the molecule is Cc1ccc(NC(=O)c2ccc(Br)s2)cc1S(=O)(=O)N1CCCCC1. The van der Waals surface area contributed by atoms with Crippen molar-refractivity contribution in [3.8, 4) is 0 Å². The van der Waals surface area contributed by atoms with Gasteiger partial charge in [-0.1, -0.05) is 12.5 Å². The molecule has 1 amide bonds. The minimum absolute atomic E-state index is 0.249. The Labute approximate surface area is 160 Å². The Balaban J connectivity index is 1.86. The van der Waals surface area contributed by atoms with Crippen molar-refractivity contribution in [2.24, 2.45) is 0 Å². The summed E-state index contributed by atoms with van der Waals surface area (Å²) in [5.41, 5.74) is 1.16. The maximum absolute atomic E-state index is 12.9. The largest absolute Gasteiger partial charge is 0.321 e. The van der Waals surface area contributed by atoms with Crippen molar-refractivity contribution in [3.05, 3.63) is 44.6 Å². The zero-order valence-electron chi connectivity index (χ0n) is 13.8. The molecule has 2 aromatic rings. The molecule has 0 aliphatic carbocycles. The summed E-state index contributed by atoms with van der Waals surface area (Å²) in [6.07, 6.45) is 2.85. The maximum atomic E-state index is 12.9. The molecule has 0 radical (unpaired) electrons. The molecule has 0 atom stereocenters. The molecule has 1 aromatic heterocycles. The molecule has 1 saturated heterocycles. The van der Waals surface area contributed by atoms with E-state index in [2.05, 4.69) is 21.2 Å². The Bertz CT molecular complexity index is 887. The van der Waals surface area contributed by atoms with Gasteiger partial charge in [-0.2, -0.15) is 4.31 Å². The number of halogens is 1. The first-order chi connectivity index (χ1) is 11.9. The average molecular weight is 443 g/mol. The van der Waals surface area contributed by atoms with Crippen molar-refractivity contribution in [1.29, 1.82) is 0 Å². The maximum Gasteiger partial charge on any atom is 0.265 e. The number of carbonyl (C=O) groups excluding carboxylic acids is 1. The van der Waals surface area contributed by atoms with Gasteiger partial charge < -0.3 is 5.32 Å². The van der Waals surface area contributed by atoms with Gasteiger partial charge in [-0.05, 0) is 65.5 Å². The Morgan fingerprint density at radius 3 is 2.52 bits per heavy atom. The van der Waals surface area contributed by atoms with Gasteiger partial charge in [0.15, 0.2) is 0 Å². The van der Waals surface area contributed by atoms with Crippen molar-refractivity contribution in [3.63, 3.8) is 0 Å². The summed E-state index contributed by atoms with van der Waals surface area (Å²) < 4.78 is 28.3. The highest BCUT2D eigenvalue weighted by atomic mass is 79.9. The smallest absolute Gasteiger partial charge is 0.265 e. The summed E-state index contributed by atoms with van der Waals surface area (Å²) in [5.74, 6) is -0.249. The van der Waals surface area contributed by atoms with E-state index >= 15 is 0 Å². The van der Waals surface area contributed by atoms with Crippen molar-refractivity contribution >= 4 is 48.9 Å². The highest BCUT2D eigenvalue weighted by Crippen LogP contribution is 2.27. The summed E-state index contributed by atoms with van der Waals surface area (Å²) >= 11 is 4.66. The molecule has 3 rings (SSSR count). The fraction of sp³-hybridized carbons (Fsp3) is 0.353. The van der Waals surface area contributed by atoms with Gasteiger partial charge >= 0.3 is 0 Å². The molecular formula is C17H19BrN2O3S2. The Hall–Kier alpha value is -1.22. The van der Waals surface area contributed by atoms with Crippen molar-refractivity contribution in [1.82, 2.24) is 4.31 Å². The molecule has 1 aliphatic heterocycles. The molecule has 1 aliphatic rings. The molecule has 2 heterocycles. The fourth-order valence-electron chi connectivity index (χ4n) is 2.83. The number of rotatable bonds is 4. The number of benzene rings is 1. The number of anilines is 1. The number of nitrogens with zero attached hydrogens (tertiary/aromatic N) is 1. The van der Waals surface area contributed by atoms with Crippen molar-refractivity contribution < 1.29 is 13.2 Å². The van der Waals surface area contributed by atoms with Gasteiger partial charge in [0.25, 0.3) is 5.91 Å². The zero-order valence-corrected chi connectivity index (χ0v) is 17.0. The molecular weight excluding hydrogens is 424 g/mol. The lowest BCUT2D eigenvalue weighted by Crippen LogP contribution is -2.36. The van der Waals surface area contributed by atoms with Crippen LogP contribution in [0, 0.1) is 6.92 Å². The van der Waals surface area contributed by atoms with Crippen molar-refractivity contribution in [2.45, 2.75) is 31.1 Å². The average Bonchev–Trinajstić information content (AvgIpc) is 3.04. The molecule has 0 spiro atoms. The van der Waals surface area contributed by atoms with Gasteiger partial charge in [0, 0.05) is 18.8 Å². The molecule has 1 aromatic carbocycles. The lowest BCUT2D eigenvalue weighted by molar-refractivity contribution is 0.103. The van der Waals surface area contributed by atoms with E-state index in [1.54, 1.807) is 41.6 Å². The minimum atomic E-state index is -3.53. The normalized spacial score (nSPS) is 15.9.